The number of halogens is 2. The molecule has 3 N–H and O–H groups in total. The number of hydrogen-bond donors (Lipinski definition) is 3. The van der Waals surface area contributed by atoms with Crippen LogP contribution in [0.4, 0.5) is 4.79 Å². The third-order valence-corrected chi connectivity index (χ3v) is 3.41. The van der Waals surface area contributed by atoms with Gasteiger partial charge in [0.15, 0.2) is 5.96 Å². The number of amides is 1. The number of carbonyl (C=O) groups excluding carboxylic acids is 1. The lowest BCUT2D eigenvalue weighted by Gasteiger charge is -2.19. The summed E-state index contributed by atoms with van der Waals surface area (Å²) in [6.07, 6.45) is 1.27. The first-order valence-electron chi connectivity index (χ1n) is 8.46. The monoisotopic (exact) mass is 496 g/mol. The van der Waals surface area contributed by atoms with E-state index in [0.717, 1.165) is 30.4 Å². The predicted octanol–water partition coefficient (Wildman–Crippen LogP) is 3.58. The molecule has 0 aliphatic heterocycles. The van der Waals surface area contributed by atoms with Gasteiger partial charge in [0.25, 0.3) is 0 Å². The van der Waals surface area contributed by atoms with Crippen molar-refractivity contribution in [3.63, 3.8) is 0 Å². The number of ether oxygens (including phenoxy) is 1. The zero-order valence-corrected chi connectivity index (χ0v) is 19.0. The first kappa shape index (κ1) is 24.8. The first-order valence-corrected chi connectivity index (χ1v) is 8.84. The number of aliphatic imine (C=N–C) groups is 1. The Hall–Kier alpha value is -1.22. The third kappa shape index (κ3) is 12.2. The van der Waals surface area contributed by atoms with Crippen molar-refractivity contribution in [3.05, 3.63) is 34.9 Å². The molecule has 0 aliphatic carbocycles. The van der Waals surface area contributed by atoms with Crippen LogP contribution >= 0.6 is 35.6 Å². The van der Waals surface area contributed by atoms with E-state index in [9.17, 15) is 4.79 Å². The summed E-state index contributed by atoms with van der Waals surface area (Å²) in [6.45, 7) is 7.55. The van der Waals surface area contributed by atoms with Crippen LogP contribution in [0.3, 0.4) is 0 Å². The predicted molar refractivity (Wildman–Crippen MR) is 119 cm³/mol. The lowest BCUT2D eigenvalue weighted by molar-refractivity contribution is 0.0527. The molecule has 0 unspecified atom stereocenters. The average molecular weight is 497 g/mol. The molecule has 0 atom stereocenters. The van der Waals surface area contributed by atoms with Crippen molar-refractivity contribution < 1.29 is 9.53 Å². The van der Waals surface area contributed by atoms with Crippen LogP contribution in [-0.2, 0) is 11.2 Å². The van der Waals surface area contributed by atoms with Crippen LogP contribution in [0.1, 0.15) is 32.8 Å². The van der Waals surface area contributed by atoms with Gasteiger partial charge in [-0.1, -0.05) is 23.7 Å². The number of benzene rings is 1. The van der Waals surface area contributed by atoms with Gasteiger partial charge in [-0.05, 0) is 51.3 Å². The average Bonchev–Trinajstić information content (AvgIpc) is 2.53. The van der Waals surface area contributed by atoms with E-state index < -0.39 is 11.7 Å². The maximum atomic E-state index is 11.5. The van der Waals surface area contributed by atoms with Gasteiger partial charge in [0.1, 0.15) is 5.60 Å². The number of nitrogens with zero attached hydrogens (tertiary/aromatic N) is 1. The highest BCUT2D eigenvalue weighted by atomic mass is 127. The van der Waals surface area contributed by atoms with Crippen molar-refractivity contribution in [1.29, 1.82) is 0 Å². The lowest BCUT2D eigenvalue weighted by Crippen LogP contribution is -2.40. The smallest absolute Gasteiger partial charge is 0.407 e. The summed E-state index contributed by atoms with van der Waals surface area (Å²) >= 11 is 5.87. The minimum Gasteiger partial charge on any atom is -0.444 e. The van der Waals surface area contributed by atoms with Gasteiger partial charge >= 0.3 is 6.09 Å². The number of guanidine groups is 1. The molecular weight excluding hydrogens is 467 g/mol. The molecule has 0 saturated carbocycles. The van der Waals surface area contributed by atoms with Crippen molar-refractivity contribution in [2.24, 2.45) is 4.99 Å². The van der Waals surface area contributed by atoms with E-state index in [-0.39, 0.29) is 24.0 Å². The minimum absolute atomic E-state index is 0. The van der Waals surface area contributed by atoms with Gasteiger partial charge in [-0.3, -0.25) is 4.99 Å². The van der Waals surface area contributed by atoms with Crippen LogP contribution in [0.5, 0.6) is 0 Å². The molecule has 0 aromatic heterocycles. The van der Waals surface area contributed by atoms with Crippen molar-refractivity contribution in [2.45, 2.75) is 39.2 Å². The largest absolute Gasteiger partial charge is 0.444 e. The molecule has 1 aromatic rings. The fraction of sp³-hybridized carbons (Fsp3) is 0.556. The van der Waals surface area contributed by atoms with E-state index in [1.165, 1.54) is 5.56 Å². The Morgan fingerprint density at radius 3 is 2.23 bits per heavy atom. The number of nitrogens with one attached hydrogen (secondary N) is 3. The molecule has 1 aromatic carbocycles. The Labute approximate surface area is 178 Å². The van der Waals surface area contributed by atoms with Crippen molar-refractivity contribution in [1.82, 2.24) is 16.0 Å². The second-order valence-electron chi connectivity index (χ2n) is 6.58. The maximum absolute atomic E-state index is 11.5. The molecule has 0 saturated heterocycles. The zero-order chi connectivity index (χ0) is 18.7. The van der Waals surface area contributed by atoms with E-state index in [1.807, 2.05) is 45.0 Å². The minimum atomic E-state index is -0.474. The van der Waals surface area contributed by atoms with Gasteiger partial charge < -0.3 is 20.7 Å². The molecule has 6 nitrogen and oxygen atoms in total. The van der Waals surface area contributed by atoms with Crippen LogP contribution < -0.4 is 16.0 Å². The normalized spacial score (nSPS) is 11.3. The van der Waals surface area contributed by atoms with Crippen LogP contribution in [0.15, 0.2) is 29.3 Å². The summed E-state index contributed by atoms with van der Waals surface area (Å²) in [4.78, 5) is 15.7. The Bertz CT molecular complexity index is 559. The summed E-state index contributed by atoms with van der Waals surface area (Å²) < 4.78 is 5.17. The quantitative estimate of drug-likeness (QED) is 0.233. The van der Waals surface area contributed by atoms with Gasteiger partial charge in [0.05, 0.1) is 0 Å². The number of rotatable bonds is 7. The van der Waals surface area contributed by atoms with Crippen molar-refractivity contribution in [2.75, 3.05) is 26.7 Å². The zero-order valence-electron chi connectivity index (χ0n) is 15.9. The highest BCUT2D eigenvalue weighted by Gasteiger charge is 2.15. The van der Waals surface area contributed by atoms with E-state index in [1.54, 1.807) is 7.05 Å². The van der Waals surface area contributed by atoms with Crippen LogP contribution in [0, 0.1) is 0 Å². The molecule has 0 spiro atoms. The molecule has 26 heavy (non-hydrogen) atoms. The first-order chi connectivity index (χ1) is 11.8. The standard InChI is InChI=1S/C18H29ClN4O2.HI/c1-18(2,3)25-17(24)23-12-5-11-21-16(20-4)22-13-10-14-6-8-15(19)9-7-14;/h6-9H,5,10-13H2,1-4H3,(H,23,24)(H2,20,21,22);1H. The Morgan fingerprint density at radius 2 is 1.65 bits per heavy atom. The highest BCUT2D eigenvalue weighted by Crippen LogP contribution is 2.09. The van der Waals surface area contributed by atoms with Gasteiger partial charge in [-0.2, -0.15) is 0 Å². The van der Waals surface area contributed by atoms with Gasteiger partial charge in [-0.25, -0.2) is 4.79 Å². The molecule has 148 valence electrons. The van der Waals surface area contributed by atoms with Crippen LogP contribution in [0.2, 0.25) is 5.02 Å². The number of hydrogen-bond acceptors (Lipinski definition) is 3. The maximum Gasteiger partial charge on any atom is 0.407 e. The molecule has 0 heterocycles. The Morgan fingerprint density at radius 1 is 1.08 bits per heavy atom. The van der Waals surface area contributed by atoms with Crippen LogP contribution in [-0.4, -0.2) is 44.3 Å². The van der Waals surface area contributed by atoms with E-state index in [0.29, 0.717) is 13.1 Å². The topological polar surface area (TPSA) is 74.8 Å². The van der Waals surface area contributed by atoms with Gasteiger partial charge in [-0.15, -0.1) is 24.0 Å². The molecule has 0 bridgehead atoms. The van der Waals surface area contributed by atoms with Crippen LogP contribution in [0.25, 0.3) is 0 Å². The molecule has 0 aliphatic rings. The summed E-state index contributed by atoms with van der Waals surface area (Å²) in [5.74, 6) is 0.742. The molecular formula is C18H30ClIN4O2. The molecule has 1 amide bonds. The van der Waals surface area contributed by atoms with E-state index in [2.05, 4.69) is 20.9 Å². The molecule has 0 fully saturated rings. The fourth-order valence-corrected chi connectivity index (χ4v) is 2.12. The Balaban J connectivity index is 0.00000625. The van der Waals surface area contributed by atoms with E-state index in [4.69, 9.17) is 16.3 Å². The number of alkyl carbamates (subject to hydrolysis) is 1. The Kier molecular flexibility index (Phi) is 12.4. The second-order valence-corrected chi connectivity index (χ2v) is 7.02. The number of carbonyl (C=O) groups is 1. The summed E-state index contributed by atoms with van der Waals surface area (Å²) in [6, 6.07) is 7.81. The van der Waals surface area contributed by atoms with E-state index >= 15 is 0 Å². The molecule has 1 rings (SSSR count). The van der Waals surface area contributed by atoms with Crippen molar-refractivity contribution in [3.8, 4) is 0 Å². The molecule has 0 radical (unpaired) electrons. The van der Waals surface area contributed by atoms with Gasteiger partial charge in [0, 0.05) is 31.7 Å². The SMILES string of the molecule is CN=C(NCCCNC(=O)OC(C)(C)C)NCCc1ccc(Cl)cc1.I. The summed E-state index contributed by atoms with van der Waals surface area (Å²) in [5, 5.41) is 9.94. The second kappa shape index (κ2) is 13.0. The fourth-order valence-electron chi connectivity index (χ4n) is 2.00. The third-order valence-electron chi connectivity index (χ3n) is 3.16. The summed E-state index contributed by atoms with van der Waals surface area (Å²) in [7, 11) is 1.73. The lowest BCUT2D eigenvalue weighted by atomic mass is 10.1. The molecule has 8 heteroatoms. The highest BCUT2D eigenvalue weighted by molar-refractivity contribution is 14.0. The van der Waals surface area contributed by atoms with Crippen molar-refractivity contribution >= 4 is 47.6 Å². The summed E-state index contributed by atoms with van der Waals surface area (Å²) in [5.41, 5.74) is 0.743. The van der Waals surface area contributed by atoms with Gasteiger partial charge in [0.2, 0.25) is 0 Å².